The molecule has 1 saturated carbocycles. The molecule has 1 aromatic rings. The topological polar surface area (TPSA) is 92.7 Å². The third-order valence-electron chi connectivity index (χ3n) is 3.55. The lowest BCUT2D eigenvalue weighted by Crippen LogP contribution is -2.40. The number of rotatable bonds is 4. The van der Waals surface area contributed by atoms with Crippen LogP contribution in [0.1, 0.15) is 36.0 Å². The molecule has 0 saturated heterocycles. The Morgan fingerprint density at radius 3 is 2.71 bits per heavy atom. The van der Waals surface area contributed by atoms with Crippen LogP contribution in [0.25, 0.3) is 0 Å². The Morgan fingerprint density at radius 1 is 1.33 bits per heavy atom. The summed E-state index contributed by atoms with van der Waals surface area (Å²) in [5.41, 5.74) is 0.00357. The average Bonchev–Trinajstić information content (AvgIpc) is 2.46. The highest BCUT2D eigenvalue weighted by atomic mass is 32.2. The first kappa shape index (κ1) is 15.9. The summed E-state index contributed by atoms with van der Waals surface area (Å²) in [6.07, 6.45) is 2.04. The molecule has 2 N–H and O–H groups in total. The molecule has 1 fully saturated rings. The lowest BCUT2D eigenvalue weighted by Gasteiger charge is -2.26. The monoisotopic (exact) mass is 313 g/mol. The van der Waals surface area contributed by atoms with Crippen LogP contribution in [0.15, 0.2) is 29.2 Å². The maximum atomic E-state index is 12.4. The minimum atomic E-state index is -3.83. The third kappa shape index (κ3) is 3.81. The molecule has 0 heterocycles. The van der Waals surface area contributed by atoms with Crippen molar-refractivity contribution in [2.75, 3.05) is 7.11 Å². The third-order valence-corrected chi connectivity index (χ3v) is 5.13. The zero-order chi connectivity index (χ0) is 15.5. The number of carbonyl (C=O) groups excluding carboxylic acids is 1. The molecule has 0 aromatic heterocycles. The summed E-state index contributed by atoms with van der Waals surface area (Å²) in [6.45, 7) is 0. The fraction of sp³-hybridized carbons (Fsp3) is 0.500. The van der Waals surface area contributed by atoms with Crippen molar-refractivity contribution in [2.24, 2.45) is 0 Å². The number of benzene rings is 1. The predicted octanol–water partition coefficient (Wildman–Crippen LogP) is 1.06. The summed E-state index contributed by atoms with van der Waals surface area (Å²) < 4.78 is 32.1. The van der Waals surface area contributed by atoms with Crippen LogP contribution in [-0.4, -0.2) is 38.7 Å². The van der Waals surface area contributed by atoms with Crippen molar-refractivity contribution in [3.63, 3.8) is 0 Å². The van der Waals surface area contributed by atoms with Gasteiger partial charge in [-0.15, -0.1) is 0 Å². The van der Waals surface area contributed by atoms with Gasteiger partial charge in [0.25, 0.3) is 0 Å². The molecule has 7 heteroatoms. The molecule has 1 aliphatic carbocycles. The summed E-state index contributed by atoms with van der Waals surface area (Å²) in [5.74, 6) is -0.695. The van der Waals surface area contributed by atoms with Crippen LogP contribution >= 0.6 is 0 Å². The number of carbonyl (C=O) groups is 1. The minimum absolute atomic E-state index is 0.00357. The van der Waals surface area contributed by atoms with E-state index in [1.165, 1.54) is 19.2 Å². The fourth-order valence-electron chi connectivity index (χ4n) is 2.53. The number of aliphatic hydroxyl groups is 1. The van der Waals surface area contributed by atoms with Crippen molar-refractivity contribution in [1.29, 1.82) is 0 Å². The molecular weight excluding hydrogens is 294 g/mol. The van der Waals surface area contributed by atoms with Crippen molar-refractivity contribution < 1.29 is 23.1 Å². The van der Waals surface area contributed by atoms with Gasteiger partial charge >= 0.3 is 5.97 Å². The normalized spacial score (nSPS) is 22.8. The van der Waals surface area contributed by atoms with E-state index in [1.54, 1.807) is 12.1 Å². The zero-order valence-electron chi connectivity index (χ0n) is 11.8. The van der Waals surface area contributed by atoms with E-state index in [0.29, 0.717) is 19.3 Å². The number of hydrogen-bond acceptors (Lipinski definition) is 5. The van der Waals surface area contributed by atoms with Gasteiger partial charge in [0.1, 0.15) is 0 Å². The van der Waals surface area contributed by atoms with E-state index < -0.39 is 22.1 Å². The number of nitrogens with one attached hydrogen (secondary N) is 1. The summed E-state index contributed by atoms with van der Waals surface area (Å²) in [4.78, 5) is 11.6. The molecule has 0 aliphatic heterocycles. The van der Waals surface area contributed by atoms with E-state index in [4.69, 9.17) is 0 Å². The van der Waals surface area contributed by atoms with E-state index in [9.17, 15) is 18.3 Å². The van der Waals surface area contributed by atoms with Gasteiger partial charge in [0.05, 0.1) is 23.7 Å². The molecule has 0 radical (unpaired) electrons. The van der Waals surface area contributed by atoms with Gasteiger partial charge in [-0.2, -0.15) is 0 Å². The van der Waals surface area contributed by atoms with Crippen LogP contribution in [0, 0.1) is 0 Å². The second-order valence-electron chi connectivity index (χ2n) is 5.13. The second kappa shape index (κ2) is 6.55. The smallest absolute Gasteiger partial charge is 0.339 e. The van der Waals surface area contributed by atoms with Crippen LogP contribution in [0.5, 0.6) is 0 Å². The van der Waals surface area contributed by atoms with Gasteiger partial charge in [-0.3, -0.25) is 0 Å². The summed E-state index contributed by atoms with van der Waals surface area (Å²) >= 11 is 0. The van der Waals surface area contributed by atoms with Gasteiger partial charge in [0.2, 0.25) is 10.0 Å². The molecule has 6 nitrogen and oxygen atoms in total. The number of methoxy groups -OCH3 is 1. The fourth-order valence-corrected chi connectivity index (χ4v) is 4.01. The molecule has 1 aliphatic rings. The maximum Gasteiger partial charge on any atom is 0.339 e. The van der Waals surface area contributed by atoms with E-state index in [1.807, 2.05) is 0 Å². The Balaban J connectivity index is 2.25. The average molecular weight is 313 g/mol. The predicted molar refractivity (Wildman–Crippen MR) is 76.4 cm³/mol. The first-order valence-electron chi connectivity index (χ1n) is 6.82. The summed E-state index contributed by atoms with van der Waals surface area (Å²) in [6, 6.07) is 5.60. The summed E-state index contributed by atoms with van der Waals surface area (Å²) in [7, 11) is -2.63. The van der Waals surface area contributed by atoms with Crippen LogP contribution in [0.3, 0.4) is 0 Å². The van der Waals surface area contributed by atoms with Crippen LogP contribution < -0.4 is 4.72 Å². The molecule has 1 aromatic carbocycles. The van der Waals surface area contributed by atoms with E-state index in [2.05, 4.69) is 9.46 Å². The van der Waals surface area contributed by atoms with Crippen molar-refractivity contribution in [1.82, 2.24) is 4.72 Å². The lowest BCUT2D eigenvalue weighted by molar-refractivity contribution is 0.0596. The molecule has 0 spiro atoms. The van der Waals surface area contributed by atoms with Gasteiger partial charge in [-0.05, 0) is 37.8 Å². The highest BCUT2D eigenvalue weighted by molar-refractivity contribution is 7.89. The number of sulfonamides is 1. The Morgan fingerprint density at radius 2 is 2.05 bits per heavy atom. The van der Waals surface area contributed by atoms with Gasteiger partial charge in [0.15, 0.2) is 0 Å². The molecular formula is C14H19NO5S. The van der Waals surface area contributed by atoms with Crippen molar-refractivity contribution in [3.05, 3.63) is 29.8 Å². The van der Waals surface area contributed by atoms with Crippen molar-refractivity contribution >= 4 is 16.0 Å². The largest absolute Gasteiger partial charge is 0.465 e. The highest BCUT2D eigenvalue weighted by Crippen LogP contribution is 2.22. The van der Waals surface area contributed by atoms with Crippen LogP contribution in [0.4, 0.5) is 0 Å². The molecule has 21 heavy (non-hydrogen) atoms. The molecule has 0 amide bonds. The summed E-state index contributed by atoms with van der Waals surface area (Å²) in [5, 5.41) is 9.62. The molecule has 2 rings (SSSR count). The van der Waals surface area contributed by atoms with Crippen molar-refractivity contribution in [2.45, 2.75) is 42.7 Å². The zero-order valence-corrected chi connectivity index (χ0v) is 12.6. The van der Waals surface area contributed by atoms with Gasteiger partial charge in [0, 0.05) is 6.04 Å². The Labute approximate surface area is 124 Å². The number of aliphatic hydroxyl groups excluding tert-OH is 1. The minimum Gasteiger partial charge on any atom is -0.465 e. The molecule has 2 unspecified atom stereocenters. The molecule has 2 atom stereocenters. The highest BCUT2D eigenvalue weighted by Gasteiger charge is 2.28. The number of hydrogen-bond donors (Lipinski definition) is 2. The van der Waals surface area contributed by atoms with Crippen LogP contribution in [-0.2, 0) is 14.8 Å². The number of ether oxygens (including phenoxy) is 1. The Bertz CT molecular complexity index is 614. The van der Waals surface area contributed by atoms with Gasteiger partial charge in [-0.1, -0.05) is 12.1 Å². The van der Waals surface area contributed by atoms with E-state index in [-0.39, 0.29) is 16.5 Å². The quantitative estimate of drug-likeness (QED) is 0.811. The first-order chi connectivity index (χ1) is 9.94. The number of esters is 1. The van der Waals surface area contributed by atoms with Crippen LogP contribution in [0.2, 0.25) is 0 Å². The Kier molecular flexibility index (Phi) is 4.97. The van der Waals surface area contributed by atoms with E-state index in [0.717, 1.165) is 6.42 Å². The second-order valence-corrected chi connectivity index (χ2v) is 6.81. The van der Waals surface area contributed by atoms with Gasteiger partial charge in [-0.25, -0.2) is 17.9 Å². The lowest BCUT2D eigenvalue weighted by atomic mass is 9.94. The van der Waals surface area contributed by atoms with Crippen molar-refractivity contribution in [3.8, 4) is 0 Å². The molecule has 116 valence electrons. The SMILES string of the molecule is COC(=O)c1ccccc1S(=O)(=O)NC1CCCC(O)C1. The maximum absolute atomic E-state index is 12.4. The first-order valence-corrected chi connectivity index (χ1v) is 8.30. The Hall–Kier alpha value is -1.44. The van der Waals surface area contributed by atoms with Gasteiger partial charge < -0.3 is 9.84 Å². The molecule has 0 bridgehead atoms. The van der Waals surface area contributed by atoms with E-state index >= 15 is 0 Å². The standard InChI is InChI=1S/C14H19NO5S/c1-20-14(17)12-7-2-3-8-13(12)21(18,19)15-10-5-4-6-11(16)9-10/h2-3,7-8,10-11,15-16H,4-6,9H2,1H3.